The minimum absolute atomic E-state index is 0.0346. The number of carbonyl (C=O) groups is 1. The van der Waals surface area contributed by atoms with Crippen LogP contribution in [0, 0.1) is 0 Å². The molecular formula is C22H21BrN2O4S. The van der Waals surface area contributed by atoms with E-state index in [-0.39, 0.29) is 23.1 Å². The number of fused-ring (bicyclic) bond motifs is 1. The van der Waals surface area contributed by atoms with Crippen LogP contribution in [-0.4, -0.2) is 33.6 Å². The van der Waals surface area contributed by atoms with Gasteiger partial charge in [0.1, 0.15) is 0 Å². The van der Waals surface area contributed by atoms with Crippen LogP contribution in [0.5, 0.6) is 0 Å². The van der Waals surface area contributed by atoms with E-state index in [1.54, 1.807) is 6.07 Å². The SMILES string of the molecule is O=C(Nc1ccc2ccccc2c1)c1cc(S(=O)(=O)NCC2CCCO2)ccc1Br. The summed E-state index contributed by atoms with van der Waals surface area (Å²) in [5.41, 5.74) is 0.874. The van der Waals surface area contributed by atoms with Crippen LogP contribution in [0.2, 0.25) is 0 Å². The molecule has 8 heteroatoms. The van der Waals surface area contributed by atoms with Gasteiger partial charge in [-0.25, -0.2) is 13.1 Å². The number of rotatable bonds is 6. The first kappa shape index (κ1) is 21.0. The summed E-state index contributed by atoms with van der Waals surface area (Å²) in [5.74, 6) is -0.395. The first-order valence-corrected chi connectivity index (χ1v) is 11.9. The van der Waals surface area contributed by atoms with Gasteiger partial charge in [-0.2, -0.15) is 0 Å². The maximum Gasteiger partial charge on any atom is 0.256 e. The molecular weight excluding hydrogens is 468 g/mol. The molecule has 1 aliphatic rings. The normalized spacial score (nSPS) is 16.6. The van der Waals surface area contributed by atoms with Crippen LogP contribution in [0.25, 0.3) is 10.8 Å². The summed E-state index contributed by atoms with van der Waals surface area (Å²) in [5, 5.41) is 4.92. The maximum absolute atomic E-state index is 12.8. The van der Waals surface area contributed by atoms with Gasteiger partial charge in [0.05, 0.1) is 16.6 Å². The standard InChI is InChI=1S/C22H21BrN2O4S/c23-21-10-9-19(30(27,28)24-14-18-6-3-11-29-18)13-20(21)22(26)25-17-8-7-15-4-1-2-5-16(15)12-17/h1-2,4-5,7-10,12-13,18,24H,3,6,11,14H2,(H,25,26). The van der Waals surface area contributed by atoms with Crippen molar-refractivity contribution in [3.63, 3.8) is 0 Å². The Bertz CT molecular complexity index is 1190. The van der Waals surface area contributed by atoms with Gasteiger partial charge in [-0.15, -0.1) is 0 Å². The average Bonchev–Trinajstić information content (AvgIpc) is 3.26. The molecule has 0 spiro atoms. The van der Waals surface area contributed by atoms with Crippen molar-refractivity contribution in [1.29, 1.82) is 0 Å². The predicted octanol–water partition coefficient (Wildman–Crippen LogP) is 4.31. The van der Waals surface area contributed by atoms with E-state index in [4.69, 9.17) is 4.74 Å². The molecule has 0 aliphatic carbocycles. The van der Waals surface area contributed by atoms with E-state index in [0.717, 1.165) is 23.6 Å². The van der Waals surface area contributed by atoms with Crippen molar-refractivity contribution in [2.45, 2.75) is 23.8 Å². The van der Waals surface area contributed by atoms with E-state index in [1.807, 2.05) is 42.5 Å². The minimum Gasteiger partial charge on any atom is -0.377 e. The Kier molecular flexibility index (Phi) is 6.19. The number of halogens is 1. The average molecular weight is 489 g/mol. The monoisotopic (exact) mass is 488 g/mol. The van der Waals surface area contributed by atoms with Crippen molar-refractivity contribution in [1.82, 2.24) is 4.72 Å². The molecule has 156 valence electrons. The van der Waals surface area contributed by atoms with E-state index < -0.39 is 15.9 Å². The largest absolute Gasteiger partial charge is 0.377 e. The molecule has 0 bridgehead atoms. The second kappa shape index (κ2) is 8.85. The number of amides is 1. The van der Waals surface area contributed by atoms with Gasteiger partial charge in [0, 0.05) is 23.3 Å². The third kappa shape index (κ3) is 4.73. The summed E-state index contributed by atoms with van der Waals surface area (Å²) in [4.78, 5) is 12.9. The van der Waals surface area contributed by atoms with Crippen molar-refractivity contribution in [2.24, 2.45) is 0 Å². The predicted molar refractivity (Wildman–Crippen MR) is 120 cm³/mol. The summed E-state index contributed by atoms with van der Waals surface area (Å²) in [6.07, 6.45) is 1.66. The van der Waals surface area contributed by atoms with Gasteiger partial charge in [-0.1, -0.05) is 30.3 Å². The van der Waals surface area contributed by atoms with Crippen molar-refractivity contribution in [3.8, 4) is 0 Å². The lowest BCUT2D eigenvalue weighted by molar-refractivity contribution is 0.102. The van der Waals surface area contributed by atoms with Crippen LogP contribution in [-0.2, 0) is 14.8 Å². The van der Waals surface area contributed by atoms with E-state index in [9.17, 15) is 13.2 Å². The lowest BCUT2D eigenvalue weighted by Gasteiger charge is -2.13. The van der Waals surface area contributed by atoms with Crippen LogP contribution >= 0.6 is 15.9 Å². The summed E-state index contributed by atoms with van der Waals surface area (Å²) >= 11 is 3.35. The highest BCUT2D eigenvalue weighted by Gasteiger charge is 2.22. The number of benzene rings is 3. The number of sulfonamides is 1. The molecule has 1 aliphatic heterocycles. The van der Waals surface area contributed by atoms with Crippen molar-refractivity contribution in [3.05, 3.63) is 70.7 Å². The zero-order chi connectivity index (χ0) is 21.1. The second-order valence-electron chi connectivity index (χ2n) is 7.14. The highest BCUT2D eigenvalue weighted by atomic mass is 79.9. The Hall–Kier alpha value is -2.26. The van der Waals surface area contributed by atoms with Crippen LogP contribution in [0.1, 0.15) is 23.2 Å². The molecule has 1 fully saturated rings. The van der Waals surface area contributed by atoms with Crippen molar-refractivity contribution >= 4 is 48.3 Å². The van der Waals surface area contributed by atoms with Gasteiger partial charge in [0.15, 0.2) is 0 Å². The number of hydrogen-bond donors (Lipinski definition) is 2. The Morgan fingerprint density at radius 3 is 2.63 bits per heavy atom. The van der Waals surface area contributed by atoms with Gasteiger partial charge in [-0.05, 0) is 69.9 Å². The third-order valence-corrected chi connectivity index (χ3v) is 7.14. The Morgan fingerprint density at radius 1 is 1.07 bits per heavy atom. The van der Waals surface area contributed by atoms with E-state index in [2.05, 4.69) is 26.0 Å². The molecule has 1 amide bonds. The first-order chi connectivity index (χ1) is 14.4. The lowest BCUT2D eigenvalue weighted by Crippen LogP contribution is -2.32. The Balaban J connectivity index is 1.53. The Morgan fingerprint density at radius 2 is 1.87 bits per heavy atom. The molecule has 4 rings (SSSR count). The molecule has 1 saturated heterocycles. The molecule has 0 saturated carbocycles. The fraction of sp³-hybridized carbons (Fsp3) is 0.227. The van der Waals surface area contributed by atoms with Gasteiger partial charge < -0.3 is 10.1 Å². The molecule has 6 nitrogen and oxygen atoms in total. The summed E-state index contributed by atoms with van der Waals surface area (Å²) in [6, 6.07) is 17.9. The fourth-order valence-corrected chi connectivity index (χ4v) is 4.92. The number of carbonyl (C=O) groups excluding carboxylic acids is 1. The number of hydrogen-bond acceptors (Lipinski definition) is 4. The zero-order valence-electron chi connectivity index (χ0n) is 16.1. The third-order valence-electron chi connectivity index (χ3n) is 5.03. The van der Waals surface area contributed by atoms with Crippen LogP contribution in [0.4, 0.5) is 5.69 Å². The molecule has 30 heavy (non-hydrogen) atoms. The van der Waals surface area contributed by atoms with Crippen molar-refractivity contribution in [2.75, 3.05) is 18.5 Å². The molecule has 1 heterocycles. The number of anilines is 1. The van der Waals surface area contributed by atoms with Crippen molar-refractivity contribution < 1.29 is 17.9 Å². The van der Waals surface area contributed by atoms with Gasteiger partial charge in [-0.3, -0.25) is 4.79 Å². The maximum atomic E-state index is 12.8. The topological polar surface area (TPSA) is 84.5 Å². The smallest absolute Gasteiger partial charge is 0.256 e. The molecule has 1 unspecified atom stereocenters. The molecule has 3 aromatic rings. The fourth-order valence-electron chi connectivity index (χ4n) is 3.40. The molecule has 0 aromatic heterocycles. The molecule has 0 radical (unpaired) electrons. The minimum atomic E-state index is -3.75. The summed E-state index contributed by atoms with van der Waals surface area (Å²) in [6.45, 7) is 0.876. The van der Waals surface area contributed by atoms with E-state index in [0.29, 0.717) is 16.8 Å². The van der Waals surface area contributed by atoms with Gasteiger partial charge in [0.2, 0.25) is 10.0 Å². The first-order valence-electron chi connectivity index (χ1n) is 9.63. The summed E-state index contributed by atoms with van der Waals surface area (Å²) < 4.78 is 33.9. The molecule has 2 N–H and O–H groups in total. The van der Waals surface area contributed by atoms with Crippen LogP contribution in [0.15, 0.2) is 70.0 Å². The zero-order valence-corrected chi connectivity index (χ0v) is 18.5. The van der Waals surface area contributed by atoms with E-state index >= 15 is 0 Å². The number of nitrogens with one attached hydrogen (secondary N) is 2. The molecule has 3 aromatic carbocycles. The van der Waals surface area contributed by atoms with Crippen LogP contribution in [0.3, 0.4) is 0 Å². The van der Waals surface area contributed by atoms with Gasteiger partial charge in [0.25, 0.3) is 5.91 Å². The highest BCUT2D eigenvalue weighted by Crippen LogP contribution is 2.24. The van der Waals surface area contributed by atoms with E-state index in [1.165, 1.54) is 12.1 Å². The highest BCUT2D eigenvalue weighted by molar-refractivity contribution is 9.10. The second-order valence-corrected chi connectivity index (χ2v) is 9.77. The van der Waals surface area contributed by atoms with Gasteiger partial charge >= 0.3 is 0 Å². The lowest BCUT2D eigenvalue weighted by atomic mass is 10.1. The molecule has 1 atom stereocenters. The number of ether oxygens (including phenoxy) is 1. The van der Waals surface area contributed by atoms with Crippen LogP contribution < -0.4 is 10.0 Å². The summed E-state index contributed by atoms with van der Waals surface area (Å²) in [7, 11) is -3.75. The quantitative estimate of drug-likeness (QED) is 0.541. The Labute approximate surface area is 183 Å².